The fourth-order valence-electron chi connectivity index (χ4n) is 2.85. The Morgan fingerprint density at radius 1 is 1.18 bits per heavy atom. The first-order chi connectivity index (χ1) is 13.5. The fraction of sp³-hybridized carbons (Fsp3) is 0.286. The second-order valence-electron chi connectivity index (χ2n) is 6.40. The molecule has 28 heavy (non-hydrogen) atoms. The average Bonchev–Trinajstić information content (AvgIpc) is 3.11. The summed E-state index contributed by atoms with van der Waals surface area (Å²) in [5, 5.41) is 5.90. The highest BCUT2D eigenvalue weighted by atomic mass is 32.1. The molecule has 0 aliphatic carbocycles. The molecule has 0 bridgehead atoms. The molecule has 1 aromatic carbocycles. The van der Waals surface area contributed by atoms with Crippen molar-refractivity contribution in [2.75, 3.05) is 7.11 Å². The molecule has 0 spiro atoms. The van der Waals surface area contributed by atoms with E-state index in [0.29, 0.717) is 24.5 Å². The van der Waals surface area contributed by atoms with Gasteiger partial charge >= 0.3 is 0 Å². The van der Waals surface area contributed by atoms with Gasteiger partial charge in [-0.05, 0) is 45.0 Å². The van der Waals surface area contributed by atoms with E-state index in [2.05, 4.69) is 15.3 Å². The zero-order valence-electron chi connectivity index (χ0n) is 16.4. The van der Waals surface area contributed by atoms with Gasteiger partial charge in [-0.15, -0.1) is 11.3 Å². The number of carbonyl (C=O) groups is 1. The third-order valence-electron chi connectivity index (χ3n) is 4.34. The highest BCUT2D eigenvalue weighted by Crippen LogP contribution is 2.24. The van der Waals surface area contributed by atoms with E-state index in [1.54, 1.807) is 48.9 Å². The van der Waals surface area contributed by atoms with Crippen molar-refractivity contribution in [3.8, 4) is 11.5 Å². The Balaban J connectivity index is 1.57. The molecule has 0 saturated heterocycles. The van der Waals surface area contributed by atoms with Crippen LogP contribution in [0.1, 0.15) is 37.9 Å². The van der Waals surface area contributed by atoms with Gasteiger partial charge in [0.25, 0.3) is 5.91 Å². The Bertz CT molecular complexity index is 968. The minimum absolute atomic E-state index is 0.164. The molecule has 3 aromatic rings. The van der Waals surface area contributed by atoms with Crippen molar-refractivity contribution in [3.63, 3.8) is 0 Å². The van der Waals surface area contributed by atoms with Crippen LogP contribution in [0.2, 0.25) is 0 Å². The first-order valence-corrected chi connectivity index (χ1v) is 9.77. The van der Waals surface area contributed by atoms with E-state index in [4.69, 9.17) is 9.47 Å². The number of aryl methyl sites for hydroxylation is 2. The van der Waals surface area contributed by atoms with Crippen molar-refractivity contribution in [1.82, 2.24) is 15.3 Å². The number of pyridine rings is 1. The molecule has 0 radical (unpaired) electrons. The molecular weight excluding hydrogens is 374 g/mol. The van der Waals surface area contributed by atoms with E-state index in [-0.39, 0.29) is 5.91 Å². The van der Waals surface area contributed by atoms with Crippen LogP contribution in [0.3, 0.4) is 0 Å². The van der Waals surface area contributed by atoms with Crippen LogP contribution in [0.5, 0.6) is 11.5 Å². The third kappa shape index (κ3) is 4.67. The maximum atomic E-state index is 12.4. The monoisotopic (exact) mass is 397 g/mol. The van der Waals surface area contributed by atoms with Crippen molar-refractivity contribution in [2.24, 2.45) is 0 Å². The fourth-order valence-corrected chi connectivity index (χ4v) is 3.45. The predicted octanol–water partition coefficient (Wildman–Crippen LogP) is 3.98. The van der Waals surface area contributed by atoms with Crippen LogP contribution in [0.25, 0.3) is 0 Å². The van der Waals surface area contributed by atoms with Crippen molar-refractivity contribution in [2.45, 2.75) is 33.9 Å². The van der Waals surface area contributed by atoms with Crippen LogP contribution in [-0.2, 0) is 13.2 Å². The van der Waals surface area contributed by atoms with Crippen LogP contribution in [-0.4, -0.2) is 23.0 Å². The zero-order chi connectivity index (χ0) is 20.1. The number of nitrogens with zero attached hydrogens (tertiary/aromatic N) is 2. The quantitative estimate of drug-likeness (QED) is 0.653. The summed E-state index contributed by atoms with van der Waals surface area (Å²) in [4.78, 5) is 21.2. The van der Waals surface area contributed by atoms with Gasteiger partial charge in [0.1, 0.15) is 18.1 Å². The van der Waals surface area contributed by atoms with Gasteiger partial charge in [-0.1, -0.05) is 0 Å². The van der Waals surface area contributed by atoms with Gasteiger partial charge in [0, 0.05) is 28.3 Å². The van der Waals surface area contributed by atoms with Gasteiger partial charge in [0.05, 0.1) is 30.1 Å². The van der Waals surface area contributed by atoms with E-state index < -0.39 is 0 Å². The normalized spacial score (nSPS) is 10.6. The molecule has 0 atom stereocenters. The van der Waals surface area contributed by atoms with Crippen molar-refractivity contribution >= 4 is 17.2 Å². The standard InChI is InChI=1S/C21H23N3O3S/c1-13-9-22-19(14(2)20(13)26-4)10-23-21(25)16-5-7-18(8-6-16)27-11-17-12-28-15(3)24-17/h5-9,12H,10-11H2,1-4H3,(H,23,25). The lowest BCUT2D eigenvalue weighted by atomic mass is 10.1. The molecule has 0 unspecified atom stereocenters. The van der Waals surface area contributed by atoms with Gasteiger partial charge in [-0.25, -0.2) is 4.98 Å². The molecule has 6 nitrogen and oxygen atoms in total. The summed E-state index contributed by atoms with van der Waals surface area (Å²) >= 11 is 1.60. The summed E-state index contributed by atoms with van der Waals surface area (Å²) in [6, 6.07) is 7.05. The number of amides is 1. The number of ether oxygens (including phenoxy) is 2. The Morgan fingerprint density at radius 2 is 1.93 bits per heavy atom. The van der Waals surface area contributed by atoms with E-state index in [1.807, 2.05) is 26.2 Å². The van der Waals surface area contributed by atoms with E-state index in [1.165, 1.54) is 0 Å². The van der Waals surface area contributed by atoms with Crippen molar-refractivity contribution in [3.05, 3.63) is 68.9 Å². The highest BCUT2D eigenvalue weighted by Gasteiger charge is 2.11. The lowest BCUT2D eigenvalue weighted by Crippen LogP contribution is -2.24. The maximum Gasteiger partial charge on any atom is 0.251 e. The van der Waals surface area contributed by atoms with E-state index in [9.17, 15) is 4.79 Å². The predicted molar refractivity (Wildman–Crippen MR) is 109 cm³/mol. The Kier molecular flexibility index (Phi) is 6.26. The Morgan fingerprint density at radius 3 is 2.57 bits per heavy atom. The molecule has 0 aliphatic heterocycles. The summed E-state index contributed by atoms with van der Waals surface area (Å²) in [5.41, 5.74) is 4.16. The number of hydrogen-bond donors (Lipinski definition) is 1. The van der Waals surface area contributed by atoms with Gasteiger partial charge < -0.3 is 14.8 Å². The van der Waals surface area contributed by atoms with Crippen molar-refractivity contribution in [1.29, 1.82) is 0 Å². The number of thiazole rings is 1. The summed E-state index contributed by atoms with van der Waals surface area (Å²) < 4.78 is 11.1. The number of aromatic nitrogens is 2. The van der Waals surface area contributed by atoms with Crippen LogP contribution in [0.4, 0.5) is 0 Å². The topological polar surface area (TPSA) is 73.3 Å². The van der Waals surface area contributed by atoms with Crippen LogP contribution in [0.15, 0.2) is 35.8 Å². The first-order valence-electron chi connectivity index (χ1n) is 8.89. The molecule has 3 rings (SSSR count). The minimum atomic E-state index is -0.164. The number of carbonyl (C=O) groups excluding carboxylic acids is 1. The maximum absolute atomic E-state index is 12.4. The SMILES string of the molecule is COc1c(C)cnc(CNC(=O)c2ccc(OCc3csc(C)n3)cc2)c1C. The second kappa shape index (κ2) is 8.84. The summed E-state index contributed by atoms with van der Waals surface area (Å²) in [5.74, 6) is 1.33. The smallest absolute Gasteiger partial charge is 0.251 e. The van der Waals surface area contributed by atoms with Gasteiger partial charge in [-0.3, -0.25) is 9.78 Å². The lowest BCUT2D eigenvalue weighted by molar-refractivity contribution is 0.0950. The summed E-state index contributed by atoms with van der Waals surface area (Å²) in [7, 11) is 1.64. The van der Waals surface area contributed by atoms with Crippen LogP contribution < -0.4 is 14.8 Å². The first kappa shape index (κ1) is 19.8. The Labute approximate surface area is 168 Å². The van der Waals surface area contributed by atoms with Gasteiger partial charge in [0.2, 0.25) is 0 Å². The molecule has 2 aromatic heterocycles. The minimum Gasteiger partial charge on any atom is -0.496 e. The molecule has 7 heteroatoms. The Hall–Kier alpha value is -2.93. The molecule has 146 valence electrons. The average molecular weight is 398 g/mol. The number of hydrogen-bond acceptors (Lipinski definition) is 6. The third-order valence-corrected chi connectivity index (χ3v) is 5.16. The number of methoxy groups -OCH3 is 1. The molecule has 2 heterocycles. The number of benzene rings is 1. The molecule has 0 aliphatic rings. The summed E-state index contributed by atoms with van der Waals surface area (Å²) in [6.45, 7) is 6.60. The highest BCUT2D eigenvalue weighted by molar-refractivity contribution is 7.09. The second-order valence-corrected chi connectivity index (χ2v) is 7.46. The molecule has 0 saturated carbocycles. The molecule has 1 N–H and O–H groups in total. The van der Waals surface area contributed by atoms with Gasteiger partial charge in [-0.2, -0.15) is 0 Å². The van der Waals surface area contributed by atoms with Gasteiger partial charge in [0.15, 0.2) is 0 Å². The molecular formula is C21H23N3O3S. The summed E-state index contributed by atoms with van der Waals surface area (Å²) in [6.07, 6.45) is 1.75. The number of nitrogens with one attached hydrogen (secondary N) is 1. The molecule has 0 fully saturated rings. The van der Waals surface area contributed by atoms with E-state index in [0.717, 1.165) is 33.3 Å². The zero-order valence-corrected chi connectivity index (χ0v) is 17.2. The van der Waals surface area contributed by atoms with Crippen LogP contribution in [0, 0.1) is 20.8 Å². The number of rotatable bonds is 7. The van der Waals surface area contributed by atoms with E-state index >= 15 is 0 Å². The largest absolute Gasteiger partial charge is 0.496 e. The molecule has 1 amide bonds. The van der Waals surface area contributed by atoms with Crippen LogP contribution >= 0.6 is 11.3 Å². The van der Waals surface area contributed by atoms with Crippen molar-refractivity contribution < 1.29 is 14.3 Å². The lowest BCUT2D eigenvalue weighted by Gasteiger charge is -2.13.